The molecule has 38 heavy (non-hydrogen) atoms. The standard InChI is InChI=1S/C29H28N4O5/c30-11-5-12-33-15-22(18-7-1-2-10-23(18)33)25-24(27(34)32-28(25)35)21-14-31-26-19(21)8-3-9-20(26)29(36)38-16-17-6-4-13-37-17/h1-3,7-10,14-15,17,31H,4-6,11-13,16,30H2,(H,32,34,35). The molecule has 0 aliphatic carbocycles. The van der Waals surface area contributed by atoms with E-state index in [2.05, 4.69) is 14.9 Å². The number of para-hydroxylation sites is 2. The highest BCUT2D eigenvalue weighted by Gasteiger charge is 2.35. The van der Waals surface area contributed by atoms with Crippen LogP contribution in [0.1, 0.15) is 40.7 Å². The summed E-state index contributed by atoms with van der Waals surface area (Å²) in [7, 11) is 0. The summed E-state index contributed by atoms with van der Waals surface area (Å²) >= 11 is 0. The van der Waals surface area contributed by atoms with Gasteiger partial charge in [-0.25, -0.2) is 4.79 Å². The molecule has 1 unspecified atom stereocenters. The number of nitrogens with zero attached hydrogens (tertiary/aromatic N) is 1. The zero-order valence-corrected chi connectivity index (χ0v) is 20.8. The molecule has 2 amide bonds. The predicted molar refractivity (Wildman–Crippen MR) is 143 cm³/mol. The smallest absolute Gasteiger partial charge is 0.340 e. The maximum atomic E-state index is 13.2. The van der Waals surface area contributed by atoms with Crippen molar-refractivity contribution in [3.8, 4) is 0 Å². The van der Waals surface area contributed by atoms with Crippen LogP contribution in [-0.2, 0) is 25.6 Å². The van der Waals surface area contributed by atoms with Crippen molar-refractivity contribution in [3.63, 3.8) is 0 Å². The van der Waals surface area contributed by atoms with E-state index in [1.54, 1.807) is 18.3 Å². The summed E-state index contributed by atoms with van der Waals surface area (Å²) in [6.07, 6.45) is 6.11. The van der Waals surface area contributed by atoms with Crippen molar-refractivity contribution in [1.82, 2.24) is 14.9 Å². The van der Waals surface area contributed by atoms with Gasteiger partial charge < -0.3 is 24.8 Å². The van der Waals surface area contributed by atoms with E-state index in [4.69, 9.17) is 15.2 Å². The molecule has 4 aromatic rings. The number of benzene rings is 2. The monoisotopic (exact) mass is 512 g/mol. The van der Waals surface area contributed by atoms with E-state index in [1.807, 2.05) is 36.5 Å². The third kappa shape index (κ3) is 4.09. The molecule has 2 aromatic heterocycles. The van der Waals surface area contributed by atoms with Gasteiger partial charge in [-0.2, -0.15) is 0 Å². The number of hydrogen-bond acceptors (Lipinski definition) is 6. The maximum absolute atomic E-state index is 13.2. The molecule has 1 fully saturated rings. The molecule has 0 radical (unpaired) electrons. The topological polar surface area (TPSA) is 128 Å². The molecule has 0 spiro atoms. The Morgan fingerprint density at radius 3 is 2.63 bits per heavy atom. The van der Waals surface area contributed by atoms with Crippen LogP contribution in [0.4, 0.5) is 0 Å². The Hall–Kier alpha value is -4.21. The van der Waals surface area contributed by atoms with Gasteiger partial charge in [-0.3, -0.25) is 14.9 Å². The minimum absolute atomic E-state index is 0.0785. The minimum atomic E-state index is -0.476. The highest BCUT2D eigenvalue weighted by Crippen LogP contribution is 2.38. The van der Waals surface area contributed by atoms with Crippen LogP contribution in [0.2, 0.25) is 0 Å². The fraction of sp³-hybridized carbons (Fsp3) is 0.276. The average Bonchev–Trinajstić information content (AvgIpc) is 3.71. The van der Waals surface area contributed by atoms with Gasteiger partial charge in [0.25, 0.3) is 11.8 Å². The number of H-pyrrole nitrogens is 1. The number of nitrogens with one attached hydrogen (secondary N) is 2. The largest absolute Gasteiger partial charge is 0.459 e. The number of rotatable bonds is 8. The van der Waals surface area contributed by atoms with E-state index in [9.17, 15) is 14.4 Å². The van der Waals surface area contributed by atoms with E-state index in [1.165, 1.54) is 0 Å². The fourth-order valence-corrected chi connectivity index (χ4v) is 5.42. The molecule has 194 valence electrons. The zero-order valence-electron chi connectivity index (χ0n) is 20.8. The van der Waals surface area contributed by atoms with Crippen LogP contribution in [0.15, 0.2) is 54.9 Å². The number of ether oxygens (including phenoxy) is 2. The SMILES string of the molecule is NCCCn1cc(C2=C(c3c[nH]c4c(C(=O)OCC5CCCO5)cccc34)C(=O)NC2=O)c2ccccc21. The number of hydrogen-bond donors (Lipinski definition) is 3. The van der Waals surface area contributed by atoms with Crippen LogP contribution in [-0.4, -0.2) is 53.2 Å². The number of nitrogens with two attached hydrogens (primary N) is 1. The van der Waals surface area contributed by atoms with Gasteiger partial charge in [-0.1, -0.05) is 30.3 Å². The fourth-order valence-electron chi connectivity index (χ4n) is 5.42. The maximum Gasteiger partial charge on any atom is 0.340 e. The molecule has 1 saturated heterocycles. The number of carbonyl (C=O) groups is 3. The first-order valence-electron chi connectivity index (χ1n) is 12.8. The van der Waals surface area contributed by atoms with Crippen LogP contribution in [0.25, 0.3) is 33.0 Å². The number of esters is 1. The van der Waals surface area contributed by atoms with Gasteiger partial charge in [0.05, 0.1) is 28.3 Å². The average molecular weight is 513 g/mol. The molecule has 0 saturated carbocycles. The second-order valence-electron chi connectivity index (χ2n) is 9.59. The predicted octanol–water partition coefficient (Wildman–Crippen LogP) is 3.37. The molecule has 4 N–H and O–H groups in total. The molecule has 2 aromatic carbocycles. The van der Waals surface area contributed by atoms with Gasteiger partial charge in [0, 0.05) is 53.0 Å². The van der Waals surface area contributed by atoms with Crippen LogP contribution in [0.3, 0.4) is 0 Å². The second-order valence-corrected chi connectivity index (χ2v) is 9.59. The first kappa shape index (κ1) is 24.1. The molecule has 4 heterocycles. The Morgan fingerprint density at radius 1 is 1.05 bits per heavy atom. The molecule has 1 atom stereocenters. The Morgan fingerprint density at radius 2 is 1.84 bits per heavy atom. The molecule has 6 rings (SSSR count). The van der Waals surface area contributed by atoms with Gasteiger partial charge >= 0.3 is 5.97 Å². The summed E-state index contributed by atoms with van der Waals surface area (Å²) in [5, 5.41) is 4.00. The van der Waals surface area contributed by atoms with Crippen LogP contribution < -0.4 is 11.1 Å². The Balaban J connectivity index is 1.44. The van der Waals surface area contributed by atoms with Gasteiger partial charge in [-0.05, 0) is 37.9 Å². The lowest BCUT2D eigenvalue weighted by Gasteiger charge is -2.10. The number of carbonyl (C=O) groups excluding carboxylic acids is 3. The zero-order chi connectivity index (χ0) is 26.2. The number of aromatic amines is 1. The van der Waals surface area contributed by atoms with Crippen LogP contribution in [0.5, 0.6) is 0 Å². The molecule has 2 aliphatic rings. The highest BCUT2D eigenvalue weighted by atomic mass is 16.6. The quantitative estimate of drug-likeness (QED) is 0.245. The number of aromatic nitrogens is 2. The van der Waals surface area contributed by atoms with E-state index in [0.717, 1.165) is 30.2 Å². The summed E-state index contributed by atoms with van der Waals surface area (Å²) in [5.74, 6) is -1.40. The van der Waals surface area contributed by atoms with Crippen LogP contribution in [0, 0.1) is 0 Å². The van der Waals surface area contributed by atoms with Crippen molar-refractivity contribution in [3.05, 3.63) is 71.5 Å². The van der Waals surface area contributed by atoms with Gasteiger partial charge in [0.2, 0.25) is 0 Å². The number of aryl methyl sites for hydroxylation is 1. The lowest BCUT2D eigenvalue weighted by Crippen LogP contribution is -2.22. The van der Waals surface area contributed by atoms with Crippen LogP contribution >= 0.6 is 0 Å². The molecular formula is C29H28N4O5. The summed E-state index contributed by atoms with van der Waals surface area (Å²) in [6, 6.07) is 13.0. The number of amides is 2. The van der Waals surface area contributed by atoms with Crippen molar-refractivity contribution in [2.45, 2.75) is 31.9 Å². The van der Waals surface area contributed by atoms with E-state index < -0.39 is 17.8 Å². The molecule has 9 heteroatoms. The van der Waals surface area contributed by atoms with E-state index in [-0.39, 0.29) is 18.3 Å². The highest BCUT2D eigenvalue weighted by molar-refractivity contribution is 6.50. The molecule has 2 aliphatic heterocycles. The van der Waals surface area contributed by atoms with Gasteiger partial charge in [0.15, 0.2) is 0 Å². The normalized spacial score (nSPS) is 17.7. The Labute approximate surface area is 218 Å². The van der Waals surface area contributed by atoms with Crippen molar-refractivity contribution >= 4 is 50.7 Å². The van der Waals surface area contributed by atoms with E-state index >= 15 is 0 Å². The Bertz CT molecular complexity index is 1610. The molecular weight excluding hydrogens is 484 g/mol. The lowest BCUT2D eigenvalue weighted by molar-refractivity contribution is -0.122. The van der Waals surface area contributed by atoms with Crippen molar-refractivity contribution < 1.29 is 23.9 Å². The van der Waals surface area contributed by atoms with Gasteiger partial charge in [0.1, 0.15) is 6.61 Å². The Kier molecular flexibility index (Phi) is 6.30. The van der Waals surface area contributed by atoms with Crippen molar-refractivity contribution in [1.29, 1.82) is 0 Å². The second kappa shape index (κ2) is 9.92. The molecule has 9 nitrogen and oxygen atoms in total. The number of imide groups is 1. The first-order chi connectivity index (χ1) is 18.6. The molecule has 0 bridgehead atoms. The third-order valence-corrected chi connectivity index (χ3v) is 7.22. The number of fused-ring (bicyclic) bond motifs is 2. The lowest BCUT2D eigenvalue weighted by atomic mass is 9.95. The summed E-state index contributed by atoms with van der Waals surface area (Å²) in [5.41, 5.74) is 9.41. The van der Waals surface area contributed by atoms with Crippen molar-refractivity contribution in [2.24, 2.45) is 5.73 Å². The van der Waals surface area contributed by atoms with Gasteiger partial charge in [-0.15, -0.1) is 0 Å². The summed E-state index contributed by atoms with van der Waals surface area (Å²) in [4.78, 5) is 42.4. The van der Waals surface area contributed by atoms with E-state index in [0.29, 0.717) is 52.9 Å². The minimum Gasteiger partial charge on any atom is -0.459 e. The summed E-state index contributed by atoms with van der Waals surface area (Å²) < 4.78 is 13.1. The summed E-state index contributed by atoms with van der Waals surface area (Å²) in [6.45, 7) is 2.12. The third-order valence-electron chi connectivity index (χ3n) is 7.22. The van der Waals surface area contributed by atoms with Crippen molar-refractivity contribution in [2.75, 3.05) is 19.8 Å². The first-order valence-corrected chi connectivity index (χ1v) is 12.8.